The quantitative estimate of drug-likeness (QED) is 0.0381. The Kier molecular flexibility index (Phi) is 46.1. The number of unbranched alkanes of at least 4 members (excludes halogenated alkanes) is 23. The molecule has 0 aromatic rings. The largest absolute Gasteiger partial charge is 0.457 e. The number of hydrogen-bond acceptors (Lipinski definition) is 4. The number of allylic oxidation sites excluding steroid dienone is 12. The van der Waals surface area contributed by atoms with Crippen LogP contribution in [0.4, 0.5) is 0 Å². The van der Waals surface area contributed by atoms with E-state index in [4.69, 9.17) is 9.47 Å². The lowest BCUT2D eigenvalue weighted by Gasteiger charge is -2.16. The van der Waals surface area contributed by atoms with Gasteiger partial charge < -0.3 is 14.6 Å². The van der Waals surface area contributed by atoms with Gasteiger partial charge in [0.2, 0.25) is 0 Å². The molecule has 0 aliphatic heterocycles. The van der Waals surface area contributed by atoms with Crippen molar-refractivity contribution in [2.75, 3.05) is 19.8 Å². The summed E-state index contributed by atoms with van der Waals surface area (Å²) in [5, 5.41) is 9.63. The first-order chi connectivity index (χ1) is 27.2. The van der Waals surface area contributed by atoms with Crippen molar-refractivity contribution in [2.45, 2.75) is 225 Å². The third-order valence-corrected chi connectivity index (χ3v) is 10.0. The highest BCUT2D eigenvalue weighted by Crippen LogP contribution is 2.14. The van der Waals surface area contributed by atoms with Crippen molar-refractivity contribution in [2.24, 2.45) is 0 Å². The van der Waals surface area contributed by atoms with Crippen LogP contribution < -0.4 is 0 Å². The van der Waals surface area contributed by atoms with E-state index in [-0.39, 0.29) is 19.2 Å². The molecule has 0 fully saturated rings. The lowest BCUT2D eigenvalue weighted by Crippen LogP contribution is -2.27. The Balaban J connectivity index is 3.46. The van der Waals surface area contributed by atoms with Crippen LogP contribution in [0.15, 0.2) is 72.9 Å². The van der Waals surface area contributed by atoms with Gasteiger partial charge in [-0.2, -0.15) is 0 Å². The Morgan fingerprint density at radius 1 is 0.455 bits per heavy atom. The Hall–Kier alpha value is -2.17. The maximum atomic E-state index is 12.2. The molecule has 0 saturated heterocycles. The van der Waals surface area contributed by atoms with Crippen molar-refractivity contribution >= 4 is 5.97 Å². The monoisotopic (exact) mass is 767 g/mol. The molecule has 0 aliphatic carbocycles. The molecule has 0 heterocycles. The van der Waals surface area contributed by atoms with E-state index in [1.165, 1.54) is 148 Å². The second kappa shape index (κ2) is 48.0. The van der Waals surface area contributed by atoms with E-state index in [0.717, 1.165) is 51.4 Å². The number of carbonyl (C=O) groups excluding carboxylic acids is 1. The standard InChI is InChI=1S/C51H90O4/c1-3-5-7-9-11-13-15-17-19-21-23-24-25-26-27-28-29-30-32-34-36-38-40-42-44-46-51(53)55-50(48-52)49-54-47-45-43-41-39-37-35-33-31-22-20-18-16-14-12-10-8-6-4-2/h5,7,11,13,17-20,23-24,26-27,50,52H,3-4,6,8-10,12,14-16,21-22,25,28-49H2,1-2H3/b7-5-,13-11-,19-17-,20-18-,24-23-,27-26-. The first kappa shape index (κ1) is 52.8. The van der Waals surface area contributed by atoms with Crippen molar-refractivity contribution in [3.63, 3.8) is 0 Å². The number of rotatable bonds is 43. The predicted octanol–water partition coefficient (Wildman–Crippen LogP) is 15.8. The molecule has 0 amide bonds. The van der Waals surface area contributed by atoms with E-state index in [0.29, 0.717) is 13.0 Å². The number of hydrogen-bond donors (Lipinski definition) is 1. The van der Waals surface area contributed by atoms with Crippen LogP contribution in [0.2, 0.25) is 0 Å². The smallest absolute Gasteiger partial charge is 0.306 e. The number of aliphatic hydroxyl groups excluding tert-OH is 1. The molecular formula is C51H90O4. The number of carbonyl (C=O) groups is 1. The van der Waals surface area contributed by atoms with Gasteiger partial charge in [0, 0.05) is 13.0 Å². The molecule has 1 atom stereocenters. The van der Waals surface area contributed by atoms with Gasteiger partial charge in [0.25, 0.3) is 0 Å². The molecule has 0 saturated carbocycles. The van der Waals surface area contributed by atoms with Crippen LogP contribution in [0.1, 0.15) is 219 Å². The molecule has 1 unspecified atom stereocenters. The fourth-order valence-electron chi connectivity index (χ4n) is 6.53. The average molecular weight is 767 g/mol. The fourth-order valence-corrected chi connectivity index (χ4v) is 6.53. The van der Waals surface area contributed by atoms with Crippen molar-refractivity contribution in [1.82, 2.24) is 0 Å². The third kappa shape index (κ3) is 46.1. The molecule has 4 nitrogen and oxygen atoms in total. The van der Waals surface area contributed by atoms with Crippen LogP contribution in [0.25, 0.3) is 0 Å². The highest BCUT2D eigenvalue weighted by atomic mass is 16.6. The summed E-state index contributed by atoms with van der Waals surface area (Å²) in [6.07, 6.45) is 65.4. The molecule has 0 aromatic heterocycles. The van der Waals surface area contributed by atoms with E-state index >= 15 is 0 Å². The fraction of sp³-hybridized carbons (Fsp3) is 0.745. The highest BCUT2D eigenvalue weighted by Gasteiger charge is 2.13. The summed E-state index contributed by atoms with van der Waals surface area (Å²) < 4.78 is 11.2. The minimum atomic E-state index is -0.543. The Morgan fingerprint density at radius 3 is 1.25 bits per heavy atom. The molecular weight excluding hydrogens is 677 g/mol. The van der Waals surface area contributed by atoms with Gasteiger partial charge in [-0.1, -0.05) is 202 Å². The maximum Gasteiger partial charge on any atom is 0.306 e. The van der Waals surface area contributed by atoms with Gasteiger partial charge in [-0.05, 0) is 83.5 Å². The number of ether oxygens (including phenoxy) is 2. The summed E-state index contributed by atoms with van der Waals surface area (Å²) in [7, 11) is 0. The van der Waals surface area contributed by atoms with E-state index in [9.17, 15) is 9.90 Å². The van der Waals surface area contributed by atoms with Crippen LogP contribution in [-0.4, -0.2) is 37.0 Å². The Morgan fingerprint density at radius 2 is 0.818 bits per heavy atom. The van der Waals surface area contributed by atoms with E-state index in [1.54, 1.807) is 0 Å². The van der Waals surface area contributed by atoms with E-state index in [2.05, 4.69) is 86.8 Å². The molecule has 0 radical (unpaired) electrons. The summed E-state index contributed by atoms with van der Waals surface area (Å²) >= 11 is 0. The lowest BCUT2D eigenvalue weighted by molar-refractivity contribution is -0.154. The third-order valence-electron chi connectivity index (χ3n) is 10.0. The van der Waals surface area contributed by atoms with Crippen LogP contribution in [-0.2, 0) is 14.3 Å². The summed E-state index contributed by atoms with van der Waals surface area (Å²) in [4.78, 5) is 12.2. The summed E-state index contributed by atoms with van der Waals surface area (Å²) in [5.74, 6) is -0.209. The molecule has 0 rings (SSSR count). The molecule has 0 bridgehead atoms. The van der Waals surface area contributed by atoms with Crippen molar-refractivity contribution in [3.8, 4) is 0 Å². The molecule has 4 heteroatoms. The lowest BCUT2D eigenvalue weighted by atomic mass is 10.1. The normalized spacial score (nSPS) is 13.0. The van der Waals surface area contributed by atoms with Crippen LogP contribution >= 0.6 is 0 Å². The van der Waals surface area contributed by atoms with Gasteiger partial charge in [0.1, 0.15) is 6.10 Å². The van der Waals surface area contributed by atoms with Gasteiger partial charge in [-0.25, -0.2) is 0 Å². The molecule has 0 aromatic carbocycles. The summed E-state index contributed by atoms with van der Waals surface area (Å²) in [5.41, 5.74) is 0. The Bertz CT molecular complexity index is 942. The van der Waals surface area contributed by atoms with Crippen molar-refractivity contribution < 1.29 is 19.4 Å². The SMILES string of the molecule is CC/C=C\C/C=C\C/C=C\C/C=C\C/C=C\CCCCCCCCCCCC(=O)OC(CO)COCCCCCCCCCC/C=C\CCCCCCCC. The zero-order valence-electron chi connectivity index (χ0n) is 36.4. The zero-order valence-corrected chi connectivity index (χ0v) is 36.4. The van der Waals surface area contributed by atoms with Crippen LogP contribution in [0.5, 0.6) is 0 Å². The number of aliphatic hydroxyl groups is 1. The average Bonchev–Trinajstić information content (AvgIpc) is 3.19. The van der Waals surface area contributed by atoms with Crippen LogP contribution in [0.3, 0.4) is 0 Å². The van der Waals surface area contributed by atoms with E-state index in [1.807, 2.05) is 0 Å². The molecule has 318 valence electrons. The van der Waals surface area contributed by atoms with Crippen molar-refractivity contribution in [1.29, 1.82) is 0 Å². The maximum absolute atomic E-state index is 12.2. The van der Waals surface area contributed by atoms with E-state index < -0.39 is 6.10 Å². The molecule has 0 aliphatic rings. The van der Waals surface area contributed by atoms with Gasteiger partial charge in [-0.3, -0.25) is 4.79 Å². The topological polar surface area (TPSA) is 55.8 Å². The minimum Gasteiger partial charge on any atom is -0.457 e. The predicted molar refractivity (Wildman–Crippen MR) is 242 cm³/mol. The van der Waals surface area contributed by atoms with Crippen molar-refractivity contribution in [3.05, 3.63) is 72.9 Å². The van der Waals surface area contributed by atoms with Gasteiger partial charge in [0.15, 0.2) is 0 Å². The first-order valence-electron chi connectivity index (χ1n) is 23.5. The summed E-state index contributed by atoms with van der Waals surface area (Å²) in [6, 6.07) is 0. The van der Waals surface area contributed by atoms with Crippen LogP contribution in [0, 0.1) is 0 Å². The summed E-state index contributed by atoms with van der Waals surface area (Å²) in [6.45, 7) is 5.23. The second-order valence-electron chi connectivity index (χ2n) is 15.4. The zero-order chi connectivity index (χ0) is 39.8. The second-order valence-corrected chi connectivity index (χ2v) is 15.4. The molecule has 55 heavy (non-hydrogen) atoms. The van der Waals surface area contributed by atoms with Gasteiger partial charge in [-0.15, -0.1) is 0 Å². The van der Waals surface area contributed by atoms with Gasteiger partial charge >= 0.3 is 5.97 Å². The highest BCUT2D eigenvalue weighted by molar-refractivity contribution is 5.69. The minimum absolute atomic E-state index is 0.178. The first-order valence-corrected chi connectivity index (χ1v) is 23.5. The number of esters is 1. The molecule has 0 spiro atoms. The van der Waals surface area contributed by atoms with Gasteiger partial charge in [0.05, 0.1) is 13.2 Å². The molecule has 1 N–H and O–H groups in total. The Labute approximate surface area is 342 Å².